The summed E-state index contributed by atoms with van der Waals surface area (Å²) >= 11 is 0. The van der Waals surface area contributed by atoms with E-state index in [0.717, 1.165) is 5.56 Å². The normalized spacial score (nSPS) is 13.6. The van der Waals surface area contributed by atoms with Gasteiger partial charge in [0.25, 0.3) is 5.91 Å². The van der Waals surface area contributed by atoms with Crippen LogP contribution < -0.4 is 5.32 Å². The van der Waals surface area contributed by atoms with E-state index in [1.165, 1.54) is 0 Å². The summed E-state index contributed by atoms with van der Waals surface area (Å²) in [4.78, 5) is 25.4. The first kappa shape index (κ1) is 18.5. The first-order valence-corrected chi connectivity index (χ1v) is 8.91. The molecule has 27 heavy (non-hydrogen) atoms. The van der Waals surface area contributed by atoms with Gasteiger partial charge in [-0.2, -0.15) is 10.2 Å². The van der Waals surface area contributed by atoms with Crippen LogP contribution in [0.15, 0.2) is 58.8 Å². The Balaban J connectivity index is 1.66. The van der Waals surface area contributed by atoms with Crippen LogP contribution in [0.1, 0.15) is 51.1 Å². The molecule has 2 aromatic carbocycles. The molecule has 0 radical (unpaired) electrons. The minimum atomic E-state index is -0.434. The van der Waals surface area contributed by atoms with E-state index in [0.29, 0.717) is 42.5 Å². The zero-order chi connectivity index (χ0) is 19.3. The van der Waals surface area contributed by atoms with Gasteiger partial charge in [-0.25, -0.2) is 0 Å². The molecule has 0 saturated heterocycles. The molecule has 2 aromatic rings. The molecule has 0 unspecified atom stereocenters. The van der Waals surface area contributed by atoms with Crippen LogP contribution in [0.3, 0.4) is 0 Å². The Hall–Kier alpha value is -3.26. The minimum absolute atomic E-state index is 0.168. The van der Waals surface area contributed by atoms with Gasteiger partial charge in [-0.1, -0.05) is 48.0 Å². The van der Waals surface area contributed by atoms with E-state index in [-0.39, 0.29) is 11.7 Å². The van der Waals surface area contributed by atoms with E-state index in [4.69, 9.17) is 6.42 Å². The van der Waals surface area contributed by atoms with Crippen molar-refractivity contribution in [3.05, 3.63) is 70.8 Å². The lowest BCUT2D eigenvalue weighted by Crippen LogP contribution is -2.29. The van der Waals surface area contributed by atoms with Crippen molar-refractivity contribution in [2.45, 2.75) is 31.8 Å². The predicted octanol–water partition coefficient (Wildman–Crippen LogP) is 3.92. The van der Waals surface area contributed by atoms with Crippen molar-refractivity contribution >= 4 is 11.7 Å². The molecule has 0 atom stereocenters. The number of rotatable bonds is 8. The lowest BCUT2D eigenvalue weighted by atomic mass is 9.97. The first-order chi connectivity index (χ1) is 13.0. The Morgan fingerprint density at radius 2 is 1.70 bits per heavy atom. The fourth-order valence-corrected chi connectivity index (χ4v) is 2.88. The minimum Gasteiger partial charge on any atom is -0.352 e. The molecule has 5 heteroatoms. The highest BCUT2D eigenvalue weighted by Crippen LogP contribution is 2.36. The molecule has 3 rings (SSSR count). The van der Waals surface area contributed by atoms with Gasteiger partial charge in [-0.15, -0.1) is 12.3 Å². The Kier molecular flexibility index (Phi) is 5.46. The van der Waals surface area contributed by atoms with Crippen LogP contribution >= 0.6 is 0 Å². The van der Waals surface area contributed by atoms with E-state index >= 15 is 0 Å². The first-order valence-electron chi connectivity index (χ1n) is 8.91. The Labute approximate surface area is 158 Å². The summed E-state index contributed by atoms with van der Waals surface area (Å²) in [5.41, 5.74) is 1.96. The number of hydrogen-bond donors (Lipinski definition) is 1. The van der Waals surface area contributed by atoms with Gasteiger partial charge in [0.2, 0.25) is 0 Å². The van der Waals surface area contributed by atoms with Crippen LogP contribution in [0.4, 0.5) is 0 Å². The van der Waals surface area contributed by atoms with E-state index in [1.807, 2.05) is 19.1 Å². The molecule has 1 N–H and O–H groups in total. The summed E-state index contributed by atoms with van der Waals surface area (Å²) < 4.78 is 0. The Bertz CT molecular complexity index is 917. The number of terminal acetylenes is 1. The second kappa shape index (κ2) is 7.96. The van der Waals surface area contributed by atoms with Crippen LogP contribution in [0, 0.1) is 19.3 Å². The fourth-order valence-electron chi connectivity index (χ4n) is 2.88. The summed E-state index contributed by atoms with van der Waals surface area (Å²) in [7, 11) is 0. The summed E-state index contributed by atoms with van der Waals surface area (Å²) in [5, 5.41) is 11.0. The highest BCUT2D eigenvalue weighted by Gasteiger charge is 2.38. The second-order valence-electron chi connectivity index (χ2n) is 6.63. The van der Waals surface area contributed by atoms with Crippen LogP contribution in [-0.4, -0.2) is 23.9 Å². The van der Waals surface area contributed by atoms with Crippen LogP contribution in [-0.2, 0) is 0 Å². The SMILES string of the molecule is C#CCCC1(CCNC(=O)c2ccccc2C(=O)c2ccc(C)cc2)N=N1. The quantitative estimate of drug-likeness (QED) is 0.573. The van der Waals surface area contributed by atoms with Crippen LogP contribution in [0.5, 0.6) is 0 Å². The topological polar surface area (TPSA) is 70.9 Å². The van der Waals surface area contributed by atoms with E-state index in [1.54, 1.807) is 36.4 Å². The number of carbonyl (C=O) groups excluding carboxylic acids is 2. The maximum Gasteiger partial charge on any atom is 0.252 e. The third-order valence-corrected chi connectivity index (χ3v) is 4.59. The van der Waals surface area contributed by atoms with Gasteiger partial charge in [0.05, 0.1) is 5.56 Å². The number of carbonyl (C=O) groups is 2. The molecule has 0 aromatic heterocycles. The average molecular weight is 359 g/mol. The Morgan fingerprint density at radius 3 is 2.33 bits per heavy atom. The molecule has 5 nitrogen and oxygen atoms in total. The molecular weight excluding hydrogens is 338 g/mol. The maximum absolute atomic E-state index is 12.8. The molecule has 1 amide bonds. The number of benzene rings is 2. The highest BCUT2D eigenvalue weighted by molar-refractivity contribution is 6.15. The van der Waals surface area contributed by atoms with Crippen LogP contribution in [0.25, 0.3) is 0 Å². The summed E-state index contributed by atoms with van der Waals surface area (Å²) in [6, 6.07) is 14.2. The van der Waals surface area contributed by atoms with Gasteiger partial charge in [-0.05, 0) is 13.0 Å². The Morgan fingerprint density at radius 1 is 1.04 bits per heavy atom. The number of amides is 1. The fraction of sp³-hybridized carbons (Fsp3) is 0.273. The number of aryl methyl sites for hydroxylation is 1. The van der Waals surface area contributed by atoms with Gasteiger partial charge in [0, 0.05) is 36.9 Å². The molecule has 1 aliphatic heterocycles. The van der Waals surface area contributed by atoms with Crippen molar-refractivity contribution in [3.63, 3.8) is 0 Å². The van der Waals surface area contributed by atoms with Crippen molar-refractivity contribution in [1.82, 2.24) is 5.32 Å². The molecule has 0 bridgehead atoms. The summed E-state index contributed by atoms with van der Waals surface area (Å²) in [6.07, 6.45) is 7.19. The zero-order valence-corrected chi connectivity index (χ0v) is 15.2. The number of nitrogens with zero attached hydrogens (tertiary/aromatic N) is 2. The van der Waals surface area contributed by atoms with Gasteiger partial charge >= 0.3 is 0 Å². The largest absolute Gasteiger partial charge is 0.352 e. The van der Waals surface area contributed by atoms with Crippen molar-refractivity contribution < 1.29 is 9.59 Å². The summed E-state index contributed by atoms with van der Waals surface area (Å²) in [5.74, 6) is 2.14. The molecular formula is C22H21N3O2. The summed E-state index contributed by atoms with van der Waals surface area (Å²) in [6.45, 7) is 2.38. The van der Waals surface area contributed by atoms with Gasteiger partial charge in [0.1, 0.15) is 0 Å². The monoisotopic (exact) mass is 359 g/mol. The molecule has 0 spiro atoms. The number of hydrogen-bond acceptors (Lipinski definition) is 4. The molecule has 0 saturated carbocycles. The highest BCUT2D eigenvalue weighted by atomic mass is 16.2. The third-order valence-electron chi connectivity index (χ3n) is 4.59. The zero-order valence-electron chi connectivity index (χ0n) is 15.2. The van der Waals surface area contributed by atoms with Crippen molar-refractivity contribution in [1.29, 1.82) is 0 Å². The average Bonchev–Trinajstić information content (AvgIpc) is 3.46. The van der Waals surface area contributed by atoms with E-state index in [2.05, 4.69) is 21.5 Å². The van der Waals surface area contributed by atoms with Crippen molar-refractivity contribution in [3.8, 4) is 12.3 Å². The van der Waals surface area contributed by atoms with Gasteiger partial charge in [0.15, 0.2) is 11.4 Å². The molecule has 1 aliphatic rings. The smallest absolute Gasteiger partial charge is 0.252 e. The van der Waals surface area contributed by atoms with E-state index in [9.17, 15) is 9.59 Å². The second-order valence-corrected chi connectivity index (χ2v) is 6.63. The molecule has 136 valence electrons. The standard InChI is InChI=1S/C22H21N3O2/c1-3-4-13-22(24-25-22)14-15-23-21(27)19-8-6-5-7-18(19)20(26)17-11-9-16(2)10-12-17/h1,5-12H,4,13-15H2,2H3,(H,23,27). The lowest BCUT2D eigenvalue weighted by Gasteiger charge is -2.12. The predicted molar refractivity (Wildman–Crippen MR) is 104 cm³/mol. The van der Waals surface area contributed by atoms with Gasteiger partial charge in [-0.3, -0.25) is 9.59 Å². The van der Waals surface area contributed by atoms with E-state index < -0.39 is 5.66 Å². The lowest BCUT2D eigenvalue weighted by molar-refractivity contribution is 0.0940. The third kappa shape index (κ3) is 4.48. The number of ketones is 1. The van der Waals surface area contributed by atoms with Crippen molar-refractivity contribution in [2.75, 3.05) is 6.54 Å². The van der Waals surface area contributed by atoms with Crippen LogP contribution in [0.2, 0.25) is 0 Å². The molecule has 0 aliphatic carbocycles. The molecule has 0 fully saturated rings. The van der Waals surface area contributed by atoms with Gasteiger partial charge < -0.3 is 5.32 Å². The van der Waals surface area contributed by atoms with Crippen molar-refractivity contribution in [2.24, 2.45) is 10.2 Å². The maximum atomic E-state index is 12.8. The number of nitrogens with one attached hydrogen (secondary N) is 1. The molecule has 1 heterocycles.